The van der Waals surface area contributed by atoms with Crippen LogP contribution in [0, 0.1) is 0 Å². The molecule has 6 N–H and O–H groups in total. The zero-order valence-corrected chi connectivity index (χ0v) is 52.6. The molecule has 1 saturated heterocycles. The largest absolute Gasteiger partial charge is 0.454 e. The molecule has 8 atom stereocenters. The molecule has 1 amide bonds. The van der Waals surface area contributed by atoms with Crippen LogP contribution in [0.2, 0.25) is 0 Å². The van der Waals surface area contributed by atoms with Crippen LogP contribution in [-0.2, 0) is 23.8 Å². The second-order valence-corrected chi connectivity index (χ2v) is 23.2. The van der Waals surface area contributed by atoms with E-state index in [0.717, 1.165) is 103 Å². The number of unbranched alkanes of at least 4 members (excludes halogenated alkanes) is 31. The third-order valence-corrected chi connectivity index (χ3v) is 15.5. The van der Waals surface area contributed by atoms with E-state index in [4.69, 9.17) is 14.2 Å². The number of allylic oxidation sites excluding steroid dienone is 13. The summed E-state index contributed by atoms with van der Waals surface area (Å²) in [6.45, 7) is 5.74. The number of aliphatic hydroxyl groups is 5. The van der Waals surface area contributed by atoms with Gasteiger partial charge in [-0.3, -0.25) is 9.59 Å². The quantitative estimate of drug-likeness (QED) is 0.0195. The van der Waals surface area contributed by atoms with Gasteiger partial charge in [0.15, 0.2) is 12.4 Å². The van der Waals surface area contributed by atoms with E-state index in [-0.39, 0.29) is 19.4 Å². The van der Waals surface area contributed by atoms with Crippen molar-refractivity contribution in [3.63, 3.8) is 0 Å². The van der Waals surface area contributed by atoms with E-state index in [0.29, 0.717) is 12.8 Å². The zero-order chi connectivity index (χ0) is 59.6. The molecule has 0 aromatic carbocycles. The standard InChI is InChI=1S/C71H125NO10/c1-4-7-10-13-16-19-22-25-27-29-30-31-32-33-34-35-37-38-40-43-46-49-52-55-58-64(75)70(79)72-62(63(74)57-54-51-48-45-42-24-21-18-15-12-9-6-3)61-80-71-69(68(78)67(77)65(60-73)81-71)82-66(76)59-56-53-50-47-44-41-39-36-28-26-23-20-17-14-11-8-5-2/h16-17,19-20,25-28,30-31,33-34,54,57,62-65,67-69,71,73-75,77-78H,4-15,18,21-24,29,32,35-53,55-56,58-61H2,1-3H3,(H,72,79)/b19-16-,20-17-,27-25-,28-26-,31-30-,34-33-,57-54+. The van der Waals surface area contributed by atoms with Crippen LogP contribution in [0.1, 0.15) is 290 Å². The summed E-state index contributed by atoms with van der Waals surface area (Å²) in [6.07, 6.45) is 66.1. The average molecular weight is 1150 g/mol. The van der Waals surface area contributed by atoms with Gasteiger partial charge in [-0.2, -0.15) is 0 Å². The van der Waals surface area contributed by atoms with Crippen LogP contribution in [0.15, 0.2) is 85.1 Å². The number of carbonyl (C=O) groups is 2. The lowest BCUT2D eigenvalue weighted by atomic mass is 9.99. The Hall–Kier alpha value is -3.16. The first-order valence-corrected chi connectivity index (χ1v) is 33.9. The molecular formula is C71H125NO10. The molecule has 474 valence electrons. The number of carbonyl (C=O) groups excluding carboxylic acids is 2. The smallest absolute Gasteiger partial charge is 0.306 e. The van der Waals surface area contributed by atoms with Gasteiger partial charge in [-0.25, -0.2) is 0 Å². The predicted octanol–water partition coefficient (Wildman–Crippen LogP) is 16.9. The van der Waals surface area contributed by atoms with E-state index in [1.165, 1.54) is 141 Å². The fraction of sp³-hybridized carbons (Fsp3) is 0.775. The first-order valence-electron chi connectivity index (χ1n) is 33.9. The fourth-order valence-corrected chi connectivity index (χ4v) is 10.1. The van der Waals surface area contributed by atoms with Gasteiger partial charge in [0.05, 0.1) is 25.4 Å². The molecule has 1 fully saturated rings. The molecule has 0 aromatic rings. The third-order valence-electron chi connectivity index (χ3n) is 15.5. The fourth-order valence-electron chi connectivity index (χ4n) is 10.1. The number of hydrogen-bond acceptors (Lipinski definition) is 10. The maximum Gasteiger partial charge on any atom is 0.306 e. The van der Waals surface area contributed by atoms with Crippen molar-refractivity contribution in [1.29, 1.82) is 0 Å². The van der Waals surface area contributed by atoms with Crippen LogP contribution >= 0.6 is 0 Å². The van der Waals surface area contributed by atoms with Crippen LogP contribution in [0.5, 0.6) is 0 Å². The first kappa shape index (κ1) is 76.9. The highest BCUT2D eigenvalue weighted by Gasteiger charge is 2.47. The Labute approximate surface area is 502 Å². The molecule has 8 unspecified atom stereocenters. The van der Waals surface area contributed by atoms with Gasteiger partial charge >= 0.3 is 5.97 Å². The molecule has 11 heteroatoms. The Kier molecular flexibility index (Phi) is 54.6. The van der Waals surface area contributed by atoms with Gasteiger partial charge in [0.1, 0.15) is 24.4 Å². The van der Waals surface area contributed by atoms with Gasteiger partial charge in [0, 0.05) is 6.42 Å². The van der Waals surface area contributed by atoms with Crippen molar-refractivity contribution in [2.75, 3.05) is 13.2 Å². The number of hydrogen-bond donors (Lipinski definition) is 6. The summed E-state index contributed by atoms with van der Waals surface area (Å²) in [6, 6.07) is -1.03. The van der Waals surface area contributed by atoms with Crippen LogP contribution < -0.4 is 5.32 Å². The summed E-state index contributed by atoms with van der Waals surface area (Å²) in [5.41, 5.74) is 0. The van der Waals surface area contributed by atoms with Crippen molar-refractivity contribution in [3.8, 4) is 0 Å². The molecule has 1 aliphatic heterocycles. The summed E-state index contributed by atoms with van der Waals surface area (Å²) in [4.78, 5) is 26.6. The van der Waals surface area contributed by atoms with E-state index in [9.17, 15) is 35.1 Å². The molecule has 1 aliphatic rings. The summed E-state index contributed by atoms with van der Waals surface area (Å²) in [5.74, 6) is -1.21. The lowest BCUT2D eigenvalue weighted by Crippen LogP contribution is -2.61. The second-order valence-electron chi connectivity index (χ2n) is 23.2. The lowest BCUT2D eigenvalue weighted by Gasteiger charge is -2.41. The van der Waals surface area contributed by atoms with Crippen LogP contribution in [0.25, 0.3) is 0 Å². The number of rotatable bonds is 57. The van der Waals surface area contributed by atoms with E-state index in [1.54, 1.807) is 6.08 Å². The van der Waals surface area contributed by atoms with Crippen LogP contribution in [0.4, 0.5) is 0 Å². The molecule has 0 saturated carbocycles. The Bertz CT molecular complexity index is 1660. The maximum atomic E-state index is 13.5. The highest BCUT2D eigenvalue weighted by Crippen LogP contribution is 2.26. The molecule has 1 heterocycles. The SMILES string of the molecule is CCCCC/C=C\C/C=C\C/C=C\C/C=C\CCCCCCCCCCC(O)C(=O)NC(COC1OC(CO)C(O)C(O)C1OC(=O)CCCCCCCCC/C=C\C/C=C\CCCCC)C(O)/C=C/CCCCCCCCCCCC. The van der Waals surface area contributed by atoms with Crippen LogP contribution in [0.3, 0.4) is 0 Å². The Morgan fingerprint density at radius 1 is 0.476 bits per heavy atom. The number of nitrogens with one attached hydrogen (secondary N) is 1. The van der Waals surface area contributed by atoms with Gasteiger partial charge in [-0.15, -0.1) is 0 Å². The van der Waals surface area contributed by atoms with Gasteiger partial charge in [0.2, 0.25) is 5.91 Å². The number of esters is 1. The summed E-state index contributed by atoms with van der Waals surface area (Å²) in [7, 11) is 0. The minimum atomic E-state index is -1.62. The minimum absolute atomic E-state index is 0.111. The highest BCUT2D eigenvalue weighted by molar-refractivity contribution is 5.80. The van der Waals surface area contributed by atoms with Crippen molar-refractivity contribution >= 4 is 11.9 Å². The van der Waals surface area contributed by atoms with Crippen LogP contribution in [-0.4, -0.2) is 99.6 Å². The maximum absolute atomic E-state index is 13.5. The van der Waals surface area contributed by atoms with Gasteiger partial charge in [-0.05, 0) is 103 Å². The molecule has 0 aromatic heterocycles. The predicted molar refractivity (Wildman–Crippen MR) is 342 cm³/mol. The summed E-state index contributed by atoms with van der Waals surface area (Å²) in [5, 5.41) is 57.1. The Morgan fingerprint density at radius 2 is 0.841 bits per heavy atom. The van der Waals surface area contributed by atoms with E-state index < -0.39 is 67.4 Å². The summed E-state index contributed by atoms with van der Waals surface area (Å²) < 4.78 is 17.6. The molecule has 82 heavy (non-hydrogen) atoms. The molecule has 0 radical (unpaired) electrons. The second kappa shape index (κ2) is 58.2. The minimum Gasteiger partial charge on any atom is -0.454 e. The average Bonchev–Trinajstić information content (AvgIpc) is 3.68. The number of amides is 1. The van der Waals surface area contributed by atoms with Crippen molar-refractivity contribution in [1.82, 2.24) is 5.32 Å². The highest BCUT2D eigenvalue weighted by atomic mass is 16.7. The van der Waals surface area contributed by atoms with Crippen molar-refractivity contribution < 1.29 is 49.3 Å². The monoisotopic (exact) mass is 1150 g/mol. The summed E-state index contributed by atoms with van der Waals surface area (Å²) >= 11 is 0. The van der Waals surface area contributed by atoms with Crippen molar-refractivity contribution in [3.05, 3.63) is 85.1 Å². The van der Waals surface area contributed by atoms with E-state index in [2.05, 4.69) is 99.0 Å². The molecule has 0 spiro atoms. The molecule has 1 rings (SSSR count). The molecule has 0 bridgehead atoms. The van der Waals surface area contributed by atoms with Gasteiger partial charge < -0.3 is 45.1 Å². The zero-order valence-electron chi connectivity index (χ0n) is 52.6. The number of ether oxygens (including phenoxy) is 3. The van der Waals surface area contributed by atoms with E-state index in [1.807, 2.05) is 6.08 Å². The van der Waals surface area contributed by atoms with Gasteiger partial charge in [0.25, 0.3) is 0 Å². The lowest BCUT2D eigenvalue weighted by molar-refractivity contribution is -0.305. The molecular weight excluding hydrogens is 1030 g/mol. The van der Waals surface area contributed by atoms with Crippen molar-refractivity contribution in [2.45, 2.75) is 339 Å². The van der Waals surface area contributed by atoms with Crippen molar-refractivity contribution in [2.24, 2.45) is 0 Å². The van der Waals surface area contributed by atoms with Gasteiger partial charge in [-0.1, -0.05) is 266 Å². The first-order chi connectivity index (χ1) is 40.2. The Balaban J connectivity index is 2.62. The molecule has 11 nitrogen and oxygen atoms in total. The molecule has 0 aliphatic carbocycles. The topological polar surface area (TPSA) is 175 Å². The number of aliphatic hydroxyl groups excluding tert-OH is 5. The third kappa shape index (κ3) is 45.2. The normalized spacial score (nSPS) is 19.1. The Morgan fingerprint density at radius 3 is 1.28 bits per heavy atom. The van der Waals surface area contributed by atoms with E-state index >= 15 is 0 Å².